The minimum absolute atomic E-state index is 0.762. The van der Waals surface area contributed by atoms with Crippen molar-refractivity contribution in [3.8, 4) is 5.75 Å². The first-order chi connectivity index (χ1) is 9.13. The van der Waals surface area contributed by atoms with Gasteiger partial charge in [-0.05, 0) is 37.0 Å². The number of ether oxygens (including phenoxy) is 1. The normalized spacial score (nSPS) is 16.6. The fraction of sp³-hybridized carbons (Fsp3) is 0.600. The van der Waals surface area contributed by atoms with Crippen molar-refractivity contribution in [2.75, 3.05) is 39.8 Å². The van der Waals surface area contributed by atoms with Crippen LogP contribution in [-0.2, 0) is 6.42 Å². The largest absolute Gasteiger partial charge is 0.495 e. The van der Waals surface area contributed by atoms with E-state index in [4.69, 9.17) is 16.3 Å². The number of nitrogens with zero attached hydrogens (tertiary/aromatic N) is 1. The van der Waals surface area contributed by atoms with Gasteiger partial charge in [-0.25, -0.2) is 0 Å². The van der Waals surface area contributed by atoms with Crippen LogP contribution in [0.15, 0.2) is 6.07 Å². The highest BCUT2D eigenvalue weighted by Gasteiger charge is 2.15. The lowest BCUT2D eigenvalue weighted by molar-refractivity contribution is 0.243. The van der Waals surface area contributed by atoms with E-state index in [9.17, 15) is 0 Å². The van der Waals surface area contributed by atoms with Crippen molar-refractivity contribution in [3.63, 3.8) is 0 Å². The Morgan fingerprint density at radius 3 is 2.63 bits per heavy atom. The Hall–Kier alpha value is -0.770. The second-order valence-corrected chi connectivity index (χ2v) is 5.54. The zero-order chi connectivity index (χ0) is 13.8. The summed E-state index contributed by atoms with van der Waals surface area (Å²) in [6, 6.07) is 2.21. The zero-order valence-electron chi connectivity index (χ0n) is 12.1. The van der Waals surface area contributed by atoms with Gasteiger partial charge in [0.15, 0.2) is 0 Å². The van der Waals surface area contributed by atoms with Gasteiger partial charge in [0.2, 0.25) is 0 Å². The first kappa shape index (κ1) is 14.6. The number of aryl methyl sites for hydroxylation is 1. The molecular formula is C15H23ClN2O. The maximum Gasteiger partial charge on any atom is 0.140 e. The number of nitrogens with one attached hydrogen (secondary N) is 1. The van der Waals surface area contributed by atoms with Crippen molar-refractivity contribution in [3.05, 3.63) is 27.8 Å². The lowest BCUT2D eigenvalue weighted by Gasteiger charge is -2.27. The molecule has 0 saturated carbocycles. The van der Waals surface area contributed by atoms with Crippen molar-refractivity contribution in [2.45, 2.75) is 20.3 Å². The Morgan fingerprint density at radius 2 is 2.00 bits per heavy atom. The highest BCUT2D eigenvalue weighted by Crippen LogP contribution is 2.34. The van der Waals surface area contributed by atoms with E-state index in [2.05, 4.69) is 23.2 Å². The molecule has 0 aliphatic carbocycles. The Bertz CT molecular complexity index is 442. The van der Waals surface area contributed by atoms with Crippen LogP contribution >= 0.6 is 11.6 Å². The van der Waals surface area contributed by atoms with Gasteiger partial charge >= 0.3 is 0 Å². The molecule has 0 unspecified atom stereocenters. The molecule has 1 heterocycles. The number of hydrogen-bond donors (Lipinski definition) is 1. The van der Waals surface area contributed by atoms with Crippen LogP contribution in [0.2, 0.25) is 5.02 Å². The molecule has 1 aliphatic heterocycles. The van der Waals surface area contributed by atoms with Gasteiger partial charge in [-0.15, -0.1) is 0 Å². The van der Waals surface area contributed by atoms with Crippen molar-refractivity contribution in [1.29, 1.82) is 0 Å². The third kappa shape index (κ3) is 3.41. The number of piperazine rings is 1. The summed E-state index contributed by atoms with van der Waals surface area (Å²) in [7, 11) is 1.70. The topological polar surface area (TPSA) is 24.5 Å². The van der Waals surface area contributed by atoms with Gasteiger partial charge in [-0.3, -0.25) is 0 Å². The SMILES string of the molecule is COc1c(CCN2CCNCC2)cc(C)c(C)c1Cl. The maximum absolute atomic E-state index is 6.38. The van der Waals surface area contributed by atoms with Crippen LogP contribution in [0.4, 0.5) is 0 Å². The highest BCUT2D eigenvalue weighted by molar-refractivity contribution is 6.33. The molecule has 1 aliphatic rings. The van der Waals surface area contributed by atoms with Crippen molar-refractivity contribution < 1.29 is 4.74 Å². The van der Waals surface area contributed by atoms with Gasteiger partial charge in [-0.2, -0.15) is 0 Å². The molecule has 106 valence electrons. The summed E-state index contributed by atoms with van der Waals surface area (Å²) < 4.78 is 5.49. The third-order valence-corrected chi connectivity index (χ3v) is 4.37. The molecule has 19 heavy (non-hydrogen) atoms. The molecule has 0 amide bonds. The Morgan fingerprint density at radius 1 is 1.32 bits per heavy atom. The van der Waals surface area contributed by atoms with E-state index < -0.39 is 0 Å². The first-order valence-corrected chi connectivity index (χ1v) is 7.27. The van der Waals surface area contributed by atoms with Gasteiger partial charge in [0.05, 0.1) is 12.1 Å². The minimum Gasteiger partial charge on any atom is -0.495 e. The second-order valence-electron chi connectivity index (χ2n) is 5.17. The van der Waals surface area contributed by atoms with Gasteiger partial charge in [0.1, 0.15) is 5.75 Å². The fourth-order valence-electron chi connectivity index (χ4n) is 2.54. The predicted octanol–water partition coefficient (Wildman–Crippen LogP) is 2.41. The molecule has 4 heteroatoms. The van der Waals surface area contributed by atoms with Crippen molar-refractivity contribution >= 4 is 11.6 Å². The average molecular weight is 283 g/mol. The van der Waals surface area contributed by atoms with E-state index in [1.165, 1.54) is 11.1 Å². The summed E-state index contributed by atoms with van der Waals surface area (Å²) in [4.78, 5) is 2.49. The Kier molecular flexibility index (Phi) is 5.08. The smallest absolute Gasteiger partial charge is 0.140 e. The van der Waals surface area contributed by atoms with Gasteiger partial charge < -0.3 is 15.0 Å². The van der Waals surface area contributed by atoms with E-state index >= 15 is 0 Å². The average Bonchev–Trinajstić information content (AvgIpc) is 2.44. The molecule has 0 bridgehead atoms. The van der Waals surface area contributed by atoms with Crippen molar-refractivity contribution in [2.24, 2.45) is 0 Å². The van der Waals surface area contributed by atoms with E-state index in [-0.39, 0.29) is 0 Å². The van der Waals surface area contributed by atoms with Crippen LogP contribution in [0.5, 0.6) is 5.75 Å². The number of benzene rings is 1. The van der Waals surface area contributed by atoms with Crippen molar-refractivity contribution in [1.82, 2.24) is 10.2 Å². The molecule has 1 fully saturated rings. The van der Waals surface area contributed by atoms with Crippen LogP contribution in [0.3, 0.4) is 0 Å². The summed E-state index contributed by atoms with van der Waals surface area (Å²) in [5.41, 5.74) is 3.57. The molecule has 3 nitrogen and oxygen atoms in total. The highest BCUT2D eigenvalue weighted by atomic mass is 35.5. The predicted molar refractivity (Wildman–Crippen MR) is 80.5 cm³/mol. The lowest BCUT2D eigenvalue weighted by Crippen LogP contribution is -2.44. The molecule has 0 spiro atoms. The summed E-state index contributed by atoms with van der Waals surface area (Å²) in [5.74, 6) is 0.847. The molecule has 0 radical (unpaired) electrons. The van der Waals surface area contributed by atoms with Gasteiger partial charge in [-0.1, -0.05) is 17.7 Å². The Labute approximate surface area is 120 Å². The van der Waals surface area contributed by atoms with Gasteiger partial charge in [0, 0.05) is 32.7 Å². The standard InChI is InChI=1S/C15H23ClN2O/c1-11-10-13(15(19-3)14(16)12(11)2)4-7-18-8-5-17-6-9-18/h10,17H,4-9H2,1-3H3. The summed E-state index contributed by atoms with van der Waals surface area (Å²) in [6.07, 6.45) is 0.990. The minimum atomic E-state index is 0.762. The van der Waals surface area contributed by atoms with Crippen LogP contribution in [0.25, 0.3) is 0 Å². The van der Waals surface area contributed by atoms with Crippen LogP contribution < -0.4 is 10.1 Å². The monoisotopic (exact) mass is 282 g/mol. The molecule has 0 aromatic heterocycles. The molecule has 0 atom stereocenters. The zero-order valence-corrected chi connectivity index (χ0v) is 12.8. The molecular weight excluding hydrogens is 260 g/mol. The number of halogens is 1. The summed E-state index contributed by atoms with van der Waals surface area (Å²) in [5, 5.41) is 4.14. The number of hydrogen-bond acceptors (Lipinski definition) is 3. The first-order valence-electron chi connectivity index (χ1n) is 6.89. The van der Waals surface area contributed by atoms with E-state index in [0.29, 0.717) is 0 Å². The number of rotatable bonds is 4. The summed E-state index contributed by atoms with van der Waals surface area (Å²) in [6.45, 7) is 9.64. The number of methoxy groups -OCH3 is 1. The Balaban J connectivity index is 2.10. The van der Waals surface area contributed by atoms with E-state index in [1.807, 2.05) is 6.92 Å². The lowest BCUT2D eigenvalue weighted by atomic mass is 10.0. The molecule has 2 rings (SSSR count). The maximum atomic E-state index is 6.38. The molecule has 1 aromatic carbocycles. The summed E-state index contributed by atoms with van der Waals surface area (Å²) >= 11 is 6.38. The van der Waals surface area contributed by atoms with E-state index in [0.717, 1.165) is 55.5 Å². The van der Waals surface area contributed by atoms with Crippen LogP contribution in [0.1, 0.15) is 16.7 Å². The van der Waals surface area contributed by atoms with Crippen LogP contribution in [0, 0.1) is 13.8 Å². The van der Waals surface area contributed by atoms with E-state index in [1.54, 1.807) is 7.11 Å². The second kappa shape index (κ2) is 6.60. The van der Waals surface area contributed by atoms with Crippen LogP contribution in [-0.4, -0.2) is 44.7 Å². The quantitative estimate of drug-likeness (QED) is 0.918. The molecule has 1 aromatic rings. The van der Waals surface area contributed by atoms with Gasteiger partial charge in [0.25, 0.3) is 0 Å². The molecule has 1 N–H and O–H groups in total. The third-order valence-electron chi connectivity index (χ3n) is 3.91. The molecule has 1 saturated heterocycles. The fourth-order valence-corrected chi connectivity index (χ4v) is 2.89.